The van der Waals surface area contributed by atoms with Crippen LogP contribution in [0.25, 0.3) is 0 Å². The molecule has 0 saturated carbocycles. The van der Waals surface area contributed by atoms with Gasteiger partial charge in [0.15, 0.2) is 0 Å². The molecular weight excluding hydrogens is 210 g/mol. The fraction of sp³-hybridized carbons (Fsp3) is 0.133. The zero-order valence-electron chi connectivity index (χ0n) is 9.44. The van der Waals surface area contributed by atoms with E-state index in [1.165, 1.54) is 16.7 Å². The van der Waals surface area contributed by atoms with Crippen LogP contribution in [0.4, 0.5) is 0 Å². The first-order valence-corrected chi connectivity index (χ1v) is 5.73. The number of carbonyl (C=O) groups excluding carboxylic acids is 1. The largest absolute Gasteiger partial charge is 0.366 e. The van der Waals surface area contributed by atoms with Gasteiger partial charge in [0.05, 0.1) is 0 Å². The minimum atomic E-state index is -0.332. The summed E-state index contributed by atoms with van der Waals surface area (Å²) >= 11 is 0. The van der Waals surface area contributed by atoms with E-state index in [-0.39, 0.29) is 5.91 Å². The molecule has 17 heavy (non-hydrogen) atoms. The highest BCUT2D eigenvalue weighted by Crippen LogP contribution is 2.28. The van der Waals surface area contributed by atoms with E-state index in [4.69, 9.17) is 5.73 Å². The monoisotopic (exact) mass is 223 g/mol. The van der Waals surface area contributed by atoms with Gasteiger partial charge in [0.1, 0.15) is 0 Å². The van der Waals surface area contributed by atoms with E-state index in [0.29, 0.717) is 5.56 Å². The average Bonchev–Trinajstić information content (AvgIpc) is 2.35. The number of benzene rings is 2. The third-order valence-electron chi connectivity index (χ3n) is 3.41. The average molecular weight is 223 g/mol. The van der Waals surface area contributed by atoms with Crippen molar-refractivity contribution in [3.8, 4) is 0 Å². The van der Waals surface area contributed by atoms with Gasteiger partial charge in [-0.15, -0.1) is 0 Å². The summed E-state index contributed by atoms with van der Waals surface area (Å²) in [6, 6.07) is 14.2. The molecule has 1 aliphatic rings. The molecule has 0 unspecified atom stereocenters. The number of nitrogens with two attached hydrogens (primary N) is 1. The predicted octanol–water partition coefficient (Wildman–Crippen LogP) is 2.28. The van der Waals surface area contributed by atoms with E-state index in [2.05, 4.69) is 24.3 Å². The van der Waals surface area contributed by atoms with Gasteiger partial charge in [0.25, 0.3) is 0 Å². The van der Waals surface area contributed by atoms with Gasteiger partial charge in [-0.1, -0.05) is 36.4 Å². The zero-order valence-corrected chi connectivity index (χ0v) is 9.44. The van der Waals surface area contributed by atoms with Crippen molar-refractivity contribution in [3.63, 3.8) is 0 Å². The summed E-state index contributed by atoms with van der Waals surface area (Å²) in [4.78, 5) is 11.4. The van der Waals surface area contributed by atoms with Gasteiger partial charge in [-0.25, -0.2) is 0 Å². The Morgan fingerprint density at radius 3 is 2.24 bits per heavy atom. The molecule has 0 heterocycles. The molecule has 1 aliphatic carbocycles. The molecule has 84 valence electrons. The Balaban J connectivity index is 2.15. The summed E-state index contributed by atoms with van der Waals surface area (Å²) in [5.74, 6) is -0.332. The van der Waals surface area contributed by atoms with E-state index >= 15 is 0 Å². The van der Waals surface area contributed by atoms with Crippen LogP contribution >= 0.6 is 0 Å². The fourth-order valence-corrected chi connectivity index (χ4v) is 2.54. The number of amides is 1. The Bertz CT molecular complexity index is 602. The van der Waals surface area contributed by atoms with Crippen LogP contribution in [0.1, 0.15) is 32.6 Å². The van der Waals surface area contributed by atoms with Crippen molar-refractivity contribution in [2.45, 2.75) is 12.8 Å². The maximum Gasteiger partial charge on any atom is 0.248 e. The van der Waals surface area contributed by atoms with Gasteiger partial charge in [-0.2, -0.15) is 0 Å². The second kappa shape index (κ2) is 3.74. The van der Waals surface area contributed by atoms with Crippen LogP contribution in [0.5, 0.6) is 0 Å². The second-order valence-electron chi connectivity index (χ2n) is 4.43. The molecule has 0 saturated heterocycles. The van der Waals surface area contributed by atoms with Crippen LogP contribution in [0.2, 0.25) is 0 Å². The quantitative estimate of drug-likeness (QED) is 0.675. The molecule has 2 heteroatoms. The van der Waals surface area contributed by atoms with Crippen LogP contribution in [-0.4, -0.2) is 5.91 Å². The number of carbonyl (C=O) groups is 1. The zero-order chi connectivity index (χ0) is 11.8. The van der Waals surface area contributed by atoms with E-state index in [0.717, 1.165) is 18.4 Å². The molecule has 1 amide bonds. The third kappa shape index (κ3) is 1.62. The standard InChI is InChI=1S/C15H13NO/c16-15(17)13-7-3-6-12-8-10-4-1-2-5-11(10)9-14(12)13/h1-7H,8-9H2,(H2,16,17). The van der Waals surface area contributed by atoms with Crippen LogP contribution in [0, 0.1) is 0 Å². The van der Waals surface area contributed by atoms with Gasteiger partial charge >= 0.3 is 0 Å². The number of rotatable bonds is 1. The van der Waals surface area contributed by atoms with Crippen molar-refractivity contribution in [2.75, 3.05) is 0 Å². The smallest absolute Gasteiger partial charge is 0.248 e. The topological polar surface area (TPSA) is 43.1 Å². The normalized spacial score (nSPS) is 12.7. The summed E-state index contributed by atoms with van der Waals surface area (Å²) in [6.45, 7) is 0. The van der Waals surface area contributed by atoms with E-state index in [1.807, 2.05) is 18.2 Å². The van der Waals surface area contributed by atoms with Crippen LogP contribution in [-0.2, 0) is 12.8 Å². The lowest BCUT2D eigenvalue weighted by Gasteiger charge is -2.21. The number of hydrogen-bond donors (Lipinski definition) is 1. The maximum atomic E-state index is 11.4. The molecule has 0 atom stereocenters. The lowest BCUT2D eigenvalue weighted by atomic mass is 9.83. The molecule has 0 aliphatic heterocycles. The van der Waals surface area contributed by atoms with Gasteiger partial charge < -0.3 is 5.73 Å². The van der Waals surface area contributed by atoms with Crippen LogP contribution < -0.4 is 5.73 Å². The summed E-state index contributed by atoms with van der Waals surface area (Å²) in [5.41, 5.74) is 11.0. The first-order valence-electron chi connectivity index (χ1n) is 5.73. The third-order valence-corrected chi connectivity index (χ3v) is 3.41. The maximum absolute atomic E-state index is 11.4. The van der Waals surface area contributed by atoms with Gasteiger partial charge in [-0.3, -0.25) is 4.79 Å². The van der Waals surface area contributed by atoms with E-state index < -0.39 is 0 Å². The molecule has 0 aromatic heterocycles. The Kier molecular flexibility index (Phi) is 2.22. The molecule has 0 spiro atoms. The fourth-order valence-electron chi connectivity index (χ4n) is 2.54. The van der Waals surface area contributed by atoms with Gasteiger partial charge in [-0.05, 0) is 41.2 Å². The Labute approximate surface area is 100 Å². The van der Waals surface area contributed by atoms with Crippen molar-refractivity contribution >= 4 is 5.91 Å². The minimum Gasteiger partial charge on any atom is -0.366 e. The van der Waals surface area contributed by atoms with Gasteiger partial charge in [0.2, 0.25) is 5.91 Å². The SMILES string of the molecule is NC(=O)c1cccc2c1Cc1ccccc1C2. The summed E-state index contributed by atoms with van der Waals surface area (Å²) in [6.07, 6.45) is 1.71. The number of fused-ring (bicyclic) bond motifs is 2. The number of primary amides is 1. The first kappa shape index (κ1) is 10.1. The van der Waals surface area contributed by atoms with Crippen molar-refractivity contribution in [2.24, 2.45) is 5.73 Å². The molecule has 2 aromatic rings. The summed E-state index contributed by atoms with van der Waals surface area (Å²) < 4.78 is 0. The highest BCUT2D eigenvalue weighted by Gasteiger charge is 2.19. The molecule has 3 rings (SSSR count). The van der Waals surface area contributed by atoms with E-state index in [1.54, 1.807) is 0 Å². The second-order valence-corrected chi connectivity index (χ2v) is 4.43. The molecule has 0 radical (unpaired) electrons. The predicted molar refractivity (Wildman–Crippen MR) is 67.0 cm³/mol. The van der Waals surface area contributed by atoms with E-state index in [9.17, 15) is 4.79 Å². The highest BCUT2D eigenvalue weighted by atomic mass is 16.1. The molecule has 0 fully saturated rings. The molecule has 0 bridgehead atoms. The number of hydrogen-bond acceptors (Lipinski definition) is 1. The van der Waals surface area contributed by atoms with Crippen LogP contribution in [0.3, 0.4) is 0 Å². The van der Waals surface area contributed by atoms with Crippen molar-refractivity contribution in [3.05, 3.63) is 70.3 Å². The highest BCUT2D eigenvalue weighted by molar-refractivity contribution is 5.95. The summed E-state index contributed by atoms with van der Waals surface area (Å²) in [7, 11) is 0. The lowest BCUT2D eigenvalue weighted by Crippen LogP contribution is -2.18. The van der Waals surface area contributed by atoms with Crippen LogP contribution in [0.15, 0.2) is 42.5 Å². The molecule has 2 nitrogen and oxygen atoms in total. The molecular formula is C15H13NO. The Hall–Kier alpha value is -2.09. The van der Waals surface area contributed by atoms with Gasteiger partial charge in [0, 0.05) is 5.56 Å². The Morgan fingerprint density at radius 2 is 1.53 bits per heavy atom. The van der Waals surface area contributed by atoms with Crippen molar-refractivity contribution < 1.29 is 4.79 Å². The lowest BCUT2D eigenvalue weighted by molar-refractivity contribution is 0.0999. The minimum absolute atomic E-state index is 0.332. The molecule has 2 aromatic carbocycles. The molecule has 2 N–H and O–H groups in total. The summed E-state index contributed by atoms with van der Waals surface area (Å²) in [5, 5.41) is 0. The first-order chi connectivity index (χ1) is 8.25. The Morgan fingerprint density at radius 1 is 0.882 bits per heavy atom. The van der Waals surface area contributed by atoms with Crippen molar-refractivity contribution in [1.29, 1.82) is 0 Å². The van der Waals surface area contributed by atoms with Crippen molar-refractivity contribution in [1.82, 2.24) is 0 Å².